The Hall–Kier alpha value is -1.86. The standard InChI is InChI=1S/C13H14N2O2/c14-6-11-8-15(9-12(11)13(16)17)7-10-4-2-1-3-5-10/h1-5,11-12H,7-9H2,(H,16,17)/t11-,12+/m1/s1. The van der Waals surface area contributed by atoms with Gasteiger partial charge in [-0.1, -0.05) is 30.3 Å². The predicted molar refractivity (Wildman–Crippen MR) is 61.9 cm³/mol. The Bertz CT molecular complexity index is 438. The van der Waals surface area contributed by atoms with E-state index in [9.17, 15) is 4.79 Å². The molecule has 0 saturated carbocycles. The van der Waals surface area contributed by atoms with Gasteiger partial charge < -0.3 is 5.11 Å². The van der Waals surface area contributed by atoms with Crippen LogP contribution in [0.1, 0.15) is 5.56 Å². The molecule has 1 heterocycles. The minimum absolute atomic E-state index is 0.392. The van der Waals surface area contributed by atoms with Gasteiger partial charge in [-0.3, -0.25) is 9.69 Å². The van der Waals surface area contributed by atoms with Crippen LogP contribution < -0.4 is 0 Å². The molecule has 2 atom stereocenters. The number of nitriles is 1. The van der Waals surface area contributed by atoms with Crippen molar-refractivity contribution in [3.8, 4) is 6.07 Å². The van der Waals surface area contributed by atoms with Crippen LogP contribution in [0.4, 0.5) is 0 Å². The van der Waals surface area contributed by atoms with Crippen LogP contribution in [0.5, 0.6) is 0 Å². The SMILES string of the molecule is N#C[C@@H]1CN(Cc2ccccc2)C[C@@H]1C(=O)O. The third kappa shape index (κ3) is 2.63. The van der Waals surface area contributed by atoms with Crippen molar-refractivity contribution >= 4 is 5.97 Å². The van der Waals surface area contributed by atoms with E-state index in [0.29, 0.717) is 19.6 Å². The molecule has 4 heteroatoms. The highest BCUT2D eigenvalue weighted by Crippen LogP contribution is 2.24. The van der Waals surface area contributed by atoms with E-state index in [0.717, 1.165) is 5.56 Å². The lowest BCUT2D eigenvalue weighted by atomic mass is 9.98. The molecule has 0 spiro atoms. The van der Waals surface area contributed by atoms with Crippen molar-refractivity contribution < 1.29 is 9.90 Å². The summed E-state index contributed by atoms with van der Waals surface area (Å²) < 4.78 is 0. The summed E-state index contributed by atoms with van der Waals surface area (Å²) in [6.45, 7) is 1.72. The van der Waals surface area contributed by atoms with Crippen LogP contribution in [0.15, 0.2) is 30.3 Å². The largest absolute Gasteiger partial charge is 0.481 e. The first-order chi connectivity index (χ1) is 8.20. The average Bonchev–Trinajstić information content (AvgIpc) is 2.73. The van der Waals surface area contributed by atoms with E-state index in [4.69, 9.17) is 10.4 Å². The summed E-state index contributed by atoms with van der Waals surface area (Å²) in [6.07, 6.45) is 0. The number of likely N-dealkylation sites (tertiary alicyclic amines) is 1. The van der Waals surface area contributed by atoms with E-state index in [2.05, 4.69) is 6.07 Å². The minimum Gasteiger partial charge on any atom is -0.481 e. The Morgan fingerprint density at radius 2 is 2.12 bits per heavy atom. The topological polar surface area (TPSA) is 64.3 Å². The smallest absolute Gasteiger partial charge is 0.309 e. The fourth-order valence-electron chi connectivity index (χ4n) is 2.24. The minimum atomic E-state index is -0.868. The van der Waals surface area contributed by atoms with Crippen molar-refractivity contribution in [3.05, 3.63) is 35.9 Å². The van der Waals surface area contributed by atoms with Crippen molar-refractivity contribution in [1.29, 1.82) is 5.26 Å². The van der Waals surface area contributed by atoms with Crippen LogP contribution in [-0.2, 0) is 11.3 Å². The van der Waals surface area contributed by atoms with Crippen molar-refractivity contribution in [2.24, 2.45) is 11.8 Å². The lowest BCUT2D eigenvalue weighted by Gasteiger charge is -2.14. The number of carboxylic acid groups (broad SMARTS) is 1. The number of aliphatic carboxylic acids is 1. The van der Waals surface area contributed by atoms with Crippen molar-refractivity contribution in [2.75, 3.05) is 13.1 Å². The molecule has 1 saturated heterocycles. The van der Waals surface area contributed by atoms with E-state index >= 15 is 0 Å². The molecule has 0 unspecified atom stereocenters. The molecule has 1 aromatic carbocycles. The van der Waals surface area contributed by atoms with E-state index in [1.165, 1.54) is 0 Å². The molecule has 0 bridgehead atoms. The summed E-state index contributed by atoms with van der Waals surface area (Å²) in [7, 11) is 0. The molecule has 0 aliphatic carbocycles. The molecule has 1 aliphatic heterocycles. The average molecular weight is 230 g/mol. The Balaban J connectivity index is 2.02. The number of hydrogen-bond acceptors (Lipinski definition) is 3. The maximum absolute atomic E-state index is 11.0. The summed E-state index contributed by atoms with van der Waals surface area (Å²) in [5.74, 6) is -1.81. The number of carbonyl (C=O) groups is 1. The van der Waals surface area contributed by atoms with Crippen LogP contribution in [0.3, 0.4) is 0 Å². The molecule has 88 valence electrons. The Labute approximate surface area is 100 Å². The monoisotopic (exact) mass is 230 g/mol. The molecular formula is C13H14N2O2. The van der Waals surface area contributed by atoms with Gasteiger partial charge in [-0.15, -0.1) is 0 Å². The quantitative estimate of drug-likeness (QED) is 0.851. The highest BCUT2D eigenvalue weighted by molar-refractivity contribution is 5.71. The second-order valence-corrected chi connectivity index (χ2v) is 4.36. The van der Waals surface area contributed by atoms with Gasteiger partial charge in [0, 0.05) is 19.6 Å². The number of benzene rings is 1. The van der Waals surface area contributed by atoms with Gasteiger partial charge in [0.25, 0.3) is 0 Å². The normalized spacial score (nSPS) is 24.4. The Morgan fingerprint density at radius 1 is 1.41 bits per heavy atom. The van der Waals surface area contributed by atoms with Gasteiger partial charge in [0.05, 0.1) is 17.9 Å². The van der Waals surface area contributed by atoms with Crippen LogP contribution in [0.25, 0.3) is 0 Å². The zero-order valence-corrected chi connectivity index (χ0v) is 9.41. The maximum Gasteiger partial charge on any atom is 0.309 e. The van der Waals surface area contributed by atoms with Crippen molar-refractivity contribution in [3.63, 3.8) is 0 Å². The fraction of sp³-hybridized carbons (Fsp3) is 0.385. The van der Waals surface area contributed by atoms with Crippen LogP contribution >= 0.6 is 0 Å². The van der Waals surface area contributed by atoms with Gasteiger partial charge in [0.2, 0.25) is 0 Å². The second-order valence-electron chi connectivity index (χ2n) is 4.36. The molecule has 1 aromatic rings. The zero-order valence-electron chi connectivity index (χ0n) is 9.41. The summed E-state index contributed by atoms with van der Waals surface area (Å²) >= 11 is 0. The third-order valence-corrected chi connectivity index (χ3v) is 3.13. The van der Waals surface area contributed by atoms with Gasteiger partial charge in [-0.25, -0.2) is 0 Å². The predicted octanol–water partition coefficient (Wildman–Crippen LogP) is 1.34. The van der Waals surface area contributed by atoms with Gasteiger partial charge in [-0.05, 0) is 5.56 Å². The second kappa shape index (κ2) is 4.98. The molecule has 0 amide bonds. The summed E-state index contributed by atoms with van der Waals surface area (Å²) in [6, 6.07) is 12.0. The van der Waals surface area contributed by atoms with E-state index < -0.39 is 17.8 Å². The zero-order chi connectivity index (χ0) is 12.3. The fourth-order valence-corrected chi connectivity index (χ4v) is 2.24. The van der Waals surface area contributed by atoms with E-state index in [1.807, 2.05) is 35.2 Å². The highest BCUT2D eigenvalue weighted by atomic mass is 16.4. The molecule has 0 aromatic heterocycles. The molecular weight excluding hydrogens is 216 g/mol. The summed E-state index contributed by atoms with van der Waals surface area (Å²) in [4.78, 5) is 13.0. The summed E-state index contributed by atoms with van der Waals surface area (Å²) in [5.41, 5.74) is 1.15. The number of rotatable bonds is 3. The van der Waals surface area contributed by atoms with Crippen LogP contribution in [0, 0.1) is 23.2 Å². The molecule has 2 rings (SSSR count). The molecule has 1 aliphatic rings. The Kier molecular flexibility index (Phi) is 3.40. The van der Waals surface area contributed by atoms with E-state index in [-0.39, 0.29) is 0 Å². The maximum atomic E-state index is 11.0. The Morgan fingerprint density at radius 3 is 2.65 bits per heavy atom. The first-order valence-corrected chi connectivity index (χ1v) is 5.59. The van der Waals surface area contributed by atoms with Crippen molar-refractivity contribution in [2.45, 2.75) is 6.54 Å². The number of nitrogens with zero attached hydrogens (tertiary/aromatic N) is 2. The molecule has 1 N–H and O–H groups in total. The third-order valence-electron chi connectivity index (χ3n) is 3.13. The van der Waals surface area contributed by atoms with Gasteiger partial charge >= 0.3 is 5.97 Å². The van der Waals surface area contributed by atoms with Gasteiger partial charge in [0.15, 0.2) is 0 Å². The van der Waals surface area contributed by atoms with Gasteiger partial charge in [-0.2, -0.15) is 5.26 Å². The lowest BCUT2D eigenvalue weighted by Crippen LogP contribution is -2.23. The van der Waals surface area contributed by atoms with Crippen LogP contribution in [-0.4, -0.2) is 29.1 Å². The number of carboxylic acids is 1. The first-order valence-electron chi connectivity index (χ1n) is 5.59. The van der Waals surface area contributed by atoms with E-state index in [1.54, 1.807) is 0 Å². The van der Waals surface area contributed by atoms with Crippen LogP contribution in [0.2, 0.25) is 0 Å². The lowest BCUT2D eigenvalue weighted by molar-refractivity contribution is -0.142. The molecule has 17 heavy (non-hydrogen) atoms. The summed E-state index contributed by atoms with van der Waals surface area (Å²) in [5, 5.41) is 18.0. The number of hydrogen-bond donors (Lipinski definition) is 1. The van der Waals surface area contributed by atoms with Gasteiger partial charge in [0.1, 0.15) is 0 Å². The molecule has 4 nitrogen and oxygen atoms in total. The molecule has 0 radical (unpaired) electrons. The highest BCUT2D eigenvalue weighted by Gasteiger charge is 2.37. The molecule has 1 fully saturated rings. The van der Waals surface area contributed by atoms with Crippen molar-refractivity contribution in [1.82, 2.24) is 4.90 Å². The first kappa shape index (κ1) is 11.6.